The second-order valence-electron chi connectivity index (χ2n) is 11.9. The van der Waals surface area contributed by atoms with Crippen LogP contribution in [0, 0.1) is 23.2 Å². The Labute approximate surface area is 205 Å². The normalized spacial score (nSPS) is 49.6. The molecule has 0 spiro atoms. The number of epoxide rings is 3. The Balaban J connectivity index is 0.962. The Kier molecular flexibility index (Phi) is 5.85. The molecule has 3 saturated carbocycles. The van der Waals surface area contributed by atoms with E-state index in [0.717, 1.165) is 57.8 Å². The van der Waals surface area contributed by atoms with Crippen LogP contribution in [-0.2, 0) is 42.7 Å². The zero-order valence-corrected chi connectivity index (χ0v) is 20.1. The van der Waals surface area contributed by atoms with Crippen LogP contribution in [0.25, 0.3) is 0 Å². The Bertz CT molecular complexity index is 793. The molecule has 9 heteroatoms. The smallest absolute Gasteiger partial charge is 0.309 e. The van der Waals surface area contributed by atoms with E-state index in [1.165, 1.54) is 0 Å². The van der Waals surface area contributed by atoms with E-state index in [1.807, 2.05) is 0 Å². The van der Waals surface area contributed by atoms with Crippen molar-refractivity contribution in [1.82, 2.24) is 0 Å². The van der Waals surface area contributed by atoms with Crippen LogP contribution >= 0.6 is 0 Å². The minimum atomic E-state index is -0.699. The highest BCUT2D eigenvalue weighted by molar-refractivity contribution is 5.73. The zero-order valence-electron chi connectivity index (χ0n) is 20.1. The average Bonchev–Trinajstić information content (AvgIpc) is 3.77. The summed E-state index contributed by atoms with van der Waals surface area (Å²) in [7, 11) is 0. The summed E-state index contributed by atoms with van der Waals surface area (Å²) in [6.07, 6.45) is 9.56. The van der Waals surface area contributed by atoms with E-state index in [1.54, 1.807) is 0 Å². The van der Waals surface area contributed by atoms with Crippen molar-refractivity contribution in [2.24, 2.45) is 23.2 Å². The van der Waals surface area contributed by atoms with Crippen LogP contribution in [0.5, 0.6) is 0 Å². The zero-order chi connectivity index (χ0) is 23.6. The van der Waals surface area contributed by atoms with Crippen molar-refractivity contribution < 1.29 is 42.7 Å². The lowest BCUT2D eigenvalue weighted by atomic mass is 9.86. The first-order valence-electron chi connectivity index (χ1n) is 13.6. The molecule has 0 N–H and O–H groups in total. The van der Waals surface area contributed by atoms with Crippen molar-refractivity contribution >= 4 is 11.9 Å². The third-order valence-corrected chi connectivity index (χ3v) is 9.25. The van der Waals surface area contributed by atoms with Crippen LogP contribution in [0.2, 0.25) is 0 Å². The van der Waals surface area contributed by atoms with Crippen molar-refractivity contribution in [2.75, 3.05) is 26.4 Å². The van der Waals surface area contributed by atoms with Crippen LogP contribution in [0.15, 0.2) is 0 Å². The maximum atomic E-state index is 12.8. The van der Waals surface area contributed by atoms with Gasteiger partial charge in [-0.2, -0.15) is 0 Å². The molecule has 7 rings (SSSR count). The topological polar surface area (TPSA) is 109 Å². The summed E-state index contributed by atoms with van der Waals surface area (Å²) in [5, 5.41) is 0. The first-order chi connectivity index (χ1) is 17.1. The van der Waals surface area contributed by atoms with Gasteiger partial charge in [0.05, 0.1) is 67.1 Å². The van der Waals surface area contributed by atoms with E-state index >= 15 is 0 Å². The van der Waals surface area contributed by atoms with Gasteiger partial charge in [0.15, 0.2) is 6.29 Å². The molecule has 4 aliphatic heterocycles. The van der Waals surface area contributed by atoms with Crippen LogP contribution in [0.4, 0.5) is 0 Å². The second-order valence-corrected chi connectivity index (χ2v) is 11.9. The van der Waals surface area contributed by atoms with Crippen molar-refractivity contribution in [3.05, 3.63) is 0 Å². The maximum absolute atomic E-state index is 12.8. The molecule has 0 amide bonds. The van der Waals surface area contributed by atoms with Crippen LogP contribution in [0.1, 0.15) is 57.8 Å². The SMILES string of the molecule is O=C(OCC1(COC(=O)C2CCC3OC3C2)COC(C2CCC3OC3C2)OC1)C1CCC2OC2C1. The fourth-order valence-electron chi connectivity index (χ4n) is 6.69. The number of hydrogen-bond acceptors (Lipinski definition) is 9. The van der Waals surface area contributed by atoms with Gasteiger partial charge in [0.25, 0.3) is 0 Å². The highest BCUT2D eigenvalue weighted by Crippen LogP contribution is 2.44. The van der Waals surface area contributed by atoms with E-state index < -0.39 is 5.41 Å². The number of rotatable bonds is 7. The molecule has 0 aromatic carbocycles. The number of fused-ring (bicyclic) bond motifs is 3. The second kappa shape index (κ2) is 8.94. The van der Waals surface area contributed by atoms with Gasteiger partial charge in [-0.15, -0.1) is 0 Å². The van der Waals surface area contributed by atoms with Crippen molar-refractivity contribution in [3.63, 3.8) is 0 Å². The minimum Gasteiger partial charge on any atom is -0.465 e. The lowest BCUT2D eigenvalue weighted by Crippen LogP contribution is -2.51. The first kappa shape index (κ1) is 22.9. The van der Waals surface area contributed by atoms with E-state index in [2.05, 4.69) is 0 Å². The maximum Gasteiger partial charge on any atom is 0.309 e. The molecular formula is C26H36O9. The number of carbonyl (C=O) groups excluding carboxylic acids is 2. The summed E-state index contributed by atoms with van der Waals surface area (Å²) >= 11 is 0. The predicted molar refractivity (Wildman–Crippen MR) is 118 cm³/mol. The van der Waals surface area contributed by atoms with Crippen LogP contribution < -0.4 is 0 Å². The molecule has 4 heterocycles. The van der Waals surface area contributed by atoms with Gasteiger partial charge >= 0.3 is 11.9 Å². The lowest BCUT2D eigenvalue weighted by molar-refractivity contribution is -0.267. The summed E-state index contributed by atoms with van der Waals surface area (Å²) in [6.45, 7) is 0.906. The molecule has 9 atom stereocenters. The molecule has 194 valence electrons. The highest BCUT2D eigenvalue weighted by Gasteiger charge is 2.51. The molecule has 35 heavy (non-hydrogen) atoms. The monoisotopic (exact) mass is 492 g/mol. The Morgan fingerprint density at radius 3 is 1.60 bits per heavy atom. The number of ether oxygens (including phenoxy) is 7. The van der Waals surface area contributed by atoms with Gasteiger partial charge in [-0.25, -0.2) is 0 Å². The van der Waals surface area contributed by atoms with Crippen LogP contribution in [-0.4, -0.2) is 81.3 Å². The molecule has 0 aromatic heterocycles. The van der Waals surface area contributed by atoms with Gasteiger partial charge in [0.2, 0.25) is 0 Å². The molecule has 9 nitrogen and oxygen atoms in total. The third kappa shape index (κ3) is 4.87. The molecule has 0 radical (unpaired) electrons. The number of carbonyl (C=O) groups is 2. The van der Waals surface area contributed by atoms with Gasteiger partial charge in [0, 0.05) is 5.92 Å². The van der Waals surface area contributed by atoms with Crippen molar-refractivity contribution in [2.45, 2.75) is 101 Å². The van der Waals surface area contributed by atoms with E-state index in [-0.39, 0.29) is 55.5 Å². The van der Waals surface area contributed by atoms with E-state index in [9.17, 15) is 9.59 Å². The Morgan fingerprint density at radius 2 is 1.11 bits per heavy atom. The summed E-state index contributed by atoms with van der Waals surface area (Å²) < 4.78 is 40.8. The average molecular weight is 493 g/mol. The molecule has 4 saturated heterocycles. The first-order valence-corrected chi connectivity index (χ1v) is 13.6. The number of hydrogen-bond donors (Lipinski definition) is 0. The molecule has 3 aliphatic carbocycles. The third-order valence-electron chi connectivity index (χ3n) is 9.25. The Hall–Kier alpha value is -1.26. The van der Waals surface area contributed by atoms with Gasteiger partial charge in [-0.1, -0.05) is 0 Å². The predicted octanol–water partition coefficient (Wildman–Crippen LogP) is 2.13. The lowest BCUT2D eigenvalue weighted by Gasteiger charge is -2.42. The Morgan fingerprint density at radius 1 is 0.629 bits per heavy atom. The van der Waals surface area contributed by atoms with Crippen LogP contribution in [0.3, 0.4) is 0 Å². The van der Waals surface area contributed by atoms with E-state index in [0.29, 0.717) is 43.5 Å². The molecule has 7 aliphatic rings. The summed E-state index contributed by atoms with van der Waals surface area (Å²) in [5.41, 5.74) is -0.699. The molecule has 9 unspecified atom stereocenters. The summed E-state index contributed by atoms with van der Waals surface area (Å²) in [5.74, 6) is -0.331. The van der Waals surface area contributed by atoms with Gasteiger partial charge in [-0.05, 0) is 57.8 Å². The largest absolute Gasteiger partial charge is 0.465 e. The highest BCUT2D eigenvalue weighted by atomic mass is 16.7. The van der Waals surface area contributed by atoms with Gasteiger partial charge in [0.1, 0.15) is 13.2 Å². The standard InChI is InChI=1S/C26H36O9/c27-23(14-1-4-17-20(7-14)33-17)29-10-26(11-30-24(28)15-2-5-18-21(8-15)34-18)12-31-25(32-13-26)16-3-6-19-22(9-16)35-19/h14-22,25H,1-13H2. The van der Waals surface area contributed by atoms with E-state index in [4.69, 9.17) is 33.2 Å². The summed E-state index contributed by atoms with van der Waals surface area (Å²) in [6, 6.07) is 0. The molecule has 7 fully saturated rings. The fraction of sp³-hybridized carbons (Fsp3) is 0.923. The van der Waals surface area contributed by atoms with Gasteiger partial charge in [-0.3, -0.25) is 9.59 Å². The fourth-order valence-corrected chi connectivity index (χ4v) is 6.69. The molecule has 0 aromatic rings. The minimum absolute atomic E-state index is 0.119. The summed E-state index contributed by atoms with van der Waals surface area (Å²) in [4.78, 5) is 25.7. The van der Waals surface area contributed by atoms with Crippen molar-refractivity contribution in [3.8, 4) is 0 Å². The van der Waals surface area contributed by atoms with Crippen molar-refractivity contribution in [1.29, 1.82) is 0 Å². The van der Waals surface area contributed by atoms with Gasteiger partial charge < -0.3 is 33.2 Å². The quantitative estimate of drug-likeness (QED) is 0.390. The number of esters is 2. The molecule has 0 bridgehead atoms. The molecular weight excluding hydrogens is 456 g/mol.